The van der Waals surface area contributed by atoms with E-state index in [-0.39, 0.29) is 0 Å². The van der Waals surface area contributed by atoms with Gasteiger partial charge in [0, 0.05) is 43.9 Å². The van der Waals surface area contributed by atoms with Gasteiger partial charge in [0.2, 0.25) is 5.95 Å². The van der Waals surface area contributed by atoms with Crippen LogP contribution in [0.4, 0.5) is 17.5 Å². The molecule has 2 aliphatic heterocycles. The van der Waals surface area contributed by atoms with Crippen molar-refractivity contribution in [2.45, 2.75) is 32.3 Å². The highest BCUT2D eigenvalue weighted by Gasteiger charge is 2.25. The Morgan fingerprint density at radius 2 is 2.17 bits per heavy atom. The second-order valence-corrected chi connectivity index (χ2v) is 7.77. The van der Waals surface area contributed by atoms with E-state index in [9.17, 15) is 5.11 Å². The van der Waals surface area contributed by atoms with Crippen LogP contribution in [0.2, 0.25) is 5.02 Å². The number of ether oxygens (including phenoxy) is 1. The van der Waals surface area contributed by atoms with Crippen LogP contribution in [0.3, 0.4) is 0 Å². The van der Waals surface area contributed by atoms with E-state index in [1.807, 2.05) is 26.1 Å². The van der Waals surface area contributed by atoms with Crippen molar-refractivity contribution in [3.8, 4) is 5.75 Å². The lowest BCUT2D eigenvalue weighted by atomic mass is 9.93. The summed E-state index contributed by atoms with van der Waals surface area (Å²) in [6, 6.07) is 3.90. The molecule has 7 nitrogen and oxygen atoms in total. The van der Waals surface area contributed by atoms with Crippen LogP contribution in [0.25, 0.3) is 5.57 Å². The minimum atomic E-state index is -0.464. The first-order valence-corrected chi connectivity index (χ1v) is 10.3. The monoisotopic (exact) mass is 415 g/mol. The number of benzene rings is 1. The molecule has 0 amide bonds. The third kappa shape index (κ3) is 4.32. The maximum Gasteiger partial charge on any atom is 0.229 e. The van der Waals surface area contributed by atoms with Gasteiger partial charge in [-0.1, -0.05) is 17.7 Å². The number of aryl methyl sites for hydroxylation is 2. The van der Waals surface area contributed by atoms with E-state index in [1.54, 1.807) is 0 Å². The van der Waals surface area contributed by atoms with Gasteiger partial charge in [0.1, 0.15) is 11.6 Å². The molecule has 0 spiro atoms. The normalized spacial score (nSPS) is 18.9. The van der Waals surface area contributed by atoms with E-state index in [2.05, 4.69) is 32.0 Å². The molecule has 29 heavy (non-hydrogen) atoms. The smallest absolute Gasteiger partial charge is 0.229 e. The van der Waals surface area contributed by atoms with Gasteiger partial charge >= 0.3 is 0 Å². The molecule has 0 aliphatic carbocycles. The molecule has 4 N–H and O–H groups in total. The number of nitrogens with zero attached hydrogens (tertiary/aromatic N) is 2. The van der Waals surface area contributed by atoms with Gasteiger partial charge in [-0.05, 0) is 37.0 Å². The minimum Gasteiger partial charge on any atom is -0.493 e. The fraction of sp³-hybridized carbons (Fsp3) is 0.429. The molecule has 3 heterocycles. The van der Waals surface area contributed by atoms with Gasteiger partial charge in [-0.25, -0.2) is 4.98 Å². The SMILES string of the molecule is CNc1cc(C)nc(Nc2cc3c(c(C4=CCNC[C@H](O)C4)c2Cl)OCCC3)n1. The Balaban J connectivity index is 1.79. The molecule has 2 aliphatic rings. The lowest BCUT2D eigenvalue weighted by Crippen LogP contribution is -2.24. The van der Waals surface area contributed by atoms with Crippen LogP contribution in [0.1, 0.15) is 29.7 Å². The average molecular weight is 416 g/mol. The first-order chi connectivity index (χ1) is 14.0. The van der Waals surface area contributed by atoms with E-state index in [0.29, 0.717) is 37.1 Å². The predicted octanol–water partition coefficient (Wildman–Crippen LogP) is 3.29. The molecule has 8 heteroatoms. The number of aliphatic hydroxyl groups excluding tert-OH is 1. The van der Waals surface area contributed by atoms with Gasteiger partial charge in [0.05, 0.1) is 23.4 Å². The molecule has 0 bridgehead atoms. The summed E-state index contributed by atoms with van der Waals surface area (Å²) >= 11 is 6.89. The van der Waals surface area contributed by atoms with E-state index in [4.69, 9.17) is 16.3 Å². The second-order valence-electron chi connectivity index (χ2n) is 7.39. The lowest BCUT2D eigenvalue weighted by Gasteiger charge is -2.25. The number of aromatic nitrogens is 2. The molecular weight excluding hydrogens is 390 g/mol. The minimum absolute atomic E-state index is 0.464. The number of β-amino-alcohol motifs (C(OH)–C–C–N with tert-alkyl or cyclic N) is 1. The number of hydrogen-bond donors (Lipinski definition) is 4. The molecule has 154 valence electrons. The maximum absolute atomic E-state index is 10.3. The fourth-order valence-electron chi connectivity index (χ4n) is 3.79. The van der Waals surface area contributed by atoms with Gasteiger partial charge in [-0.2, -0.15) is 4.98 Å². The van der Waals surface area contributed by atoms with Gasteiger partial charge < -0.3 is 25.8 Å². The second kappa shape index (κ2) is 8.57. The highest BCUT2D eigenvalue weighted by molar-refractivity contribution is 6.35. The molecule has 1 aromatic carbocycles. The number of aliphatic hydroxyl groups is 1. The summed E-state index contributed by atoms with van der Waals surface area (Å²) in [5, 5.41) is 20.4. The molecule has 0 fully saturated rings. The van der Waals surface area contributed by atoms with E-state index in [1.165, 1.54) is 0 Å². The summed E-state index contributed by atoms with van der Waals surface area (Å²) in [6.45, 7) is 3.83. The first kappa shape index (κ1) is 19.9. The number of nitrogens with one attached hydrogen (secondary N) is 3. The zero-order valence-corrected chi connectivity index (χ0v) is 17.4. The molecule has 2 aromatic rings. The highest BCUT2D eigenvalue weighted by atomic mass is 35.5. The number of rotatable bonds is 4. The van der Waals surface area contributed by atoms with Crippen molar-refractivity contribution >= 4 is 34.6 Å². The Hall–Kier alpha value is -2.35. The van der Waals surface area contributed by atoms with Crippen LogP contribution >= 0.6 is 11.6 Å². The van der Waals surface area contributed by atoms with E-state index < -0.39 is 6.10 Å². The third-order valence-electron chi connectivity index (χ3n) is 5.14. The number of anilines is 3. The molecule has 1 aromatic heterocycles. The predicted molar refractivity (Wildman–Crippen MR) is 116 cm³/mol. The van der Waals surface area contributed by atoms with Crippen molar-refractivity contribution in [2.75, 3.05) is 37.4 Å². The van der Waals surface area contributed by atoms with E-state index in [0.717, 1.165) is 52.5 Å². The Morgan fingerprint density at radius 3 is 3.00 bits per heavy atom. The van der Waals surface area contributed by atoms with Gasteiger partial charge in [0.25, 0.3) is 0 Å². The largest absolute Gasteiger partial charge is 0.493 e. The zero-order chi connectivity index (χ0) is 20.4. The average Bonchev–Trinajstić information content (AvgIpc) is 2.92. The van der Waals surface area contributed by atoms with Crippen LogP contribution < -0.4 is 20.7 Å². The van der Waals surface area contributed by atoms with E-state index >= 15 is 0 Å². The Morgan fingerprint density at radius 1 is 1.31 bits per heavy atom. The van der Waals surface area contributed by atoms with Gasteiger partial charge in [0.15, 0.2) is 0 Å². The van der Waals surface area contributed by atoms with Crippen molar-refractivity contribution in [2.24, 2.45) is 0 Å². The summed E-state index contributed by atoms with van der Waals surface area (Å²) in [6.07, 6.45) is 4.02. The van der Waals surface area contributed by atoms with Crippen molar-refractivity contribution in [1.82, 2.24) is 15.3 Å². The molecule has 1 atom stereocenters. The molecular formula is C21H26ClN5O2. The van der Waals surface area contributed by atoms with Crippen LogP contribution in [-0.4, -0.2) is 47.9 Å². The number of fused-ring (bicyclic) bond motifs is 1. The standard InChI is InChI=1S/C21H26ClN5O2/c1-12-8-17(23-2)27-21(25-12)26-16-10-14-4-3-7-29-20(14)18(19(16)22)13-5-6-24-11-15(28)9-13/h5,8,10,15,24,28H,3-4,6-7,9,11H2,1-2H3,(H2,23,25,26,27)/t15-/m1/s1. The zero-order valence-electron chi connectivity index (χ0n) is 16.7. The van der Waals surface area contributed by atoms with Crippen molar-refractivity contribution < 1.29 is 9.84 Å². The Kier molecular flexibility index (Phi) is 5.89. The molecule has 4 rings (SSSR count). The third-order valence-corrected chi connectivity index (χ3v) is 5.53. The first-order valence-electron chi connectivity index (χ1n) is 9.92. The molecule has 0 saturated heterocycles. The molecule has 0 saturated carbocycles. The summed E-state index contributed by atoms with van der Waals surface area (Å²) in [4.78, 5) is 8.96. The Labute approximate surface area is 175 Å². The van der Waals surface area contributed by atoms with Crippen LogP contribution in [-0.2, 0) is 6.42 Å². The fourth-order valence-corrected chi connectivity index (χ4v) is 4.10. The lowest BCUT2D eigenvalue weighted by molar-refractivity contribution is 0.180. The quantitative estimate of drug-likeness (QED) is 0.609. The number of halogens is 1. The number of hydrogen-bond acceptors (Lipinski definition) is 7. The van der Waals surface area contributed by atoms with Crippen molar-refractivity contribution in [1.29, 1.82) is 0 Å². The molecule has 0 radical (unpaired) electrons. The summed E-state index contributed by atoms with van der Waals surface area (Å²) in [5.74, 6) is 2.04. The van der Waals surface area contributed by atoms with Gasteiger partial charge in [-0.3, -0.25) is 0 Å². The highest BCUT2D eigenvalue weighted by Crippen LogP contribution is 2.44. The van der Waals surface area contributed by atoms with Crippen molar-refractivity contribution in [3.05, 3.63) is 40.1 Å². The van der Waals surface area contributed by atoms with Crippen molar-refractivity contribution in [3.63, 3.8) is 0 Å². The summed E-state index contributed by atoms with van der Waals surface area (Å²) in [5.41, 5.74) is 4.55. The van der Waals surface area contributed by atoms with Crippen LogP contribution in [0, 0.1) is 6.92 Å². The summed E-state index contributed by atoms with van der Waals surface area (Å²) in [7, 11) is 1.82. The van der Waals surface area contributed by atoms with Crippen LogP contribution in [0.5, 0.6) is 5.75 Å². The topological polar surface area (TPSA) is 91.3 Å². The Bertz CT molecular complexity index is 947. The summed E-state index contributed by atoms with van der Waals surface area (Å²) < 4.78 is 6.03. The van der Waals surface area contributed by atoms with Crippen LogP contribution in [0.15, 0.2) is 18.2 Å². The van der Waals surface area contributed by atoms with Gasteiger partial charge in [-0.15, -0.1) is 0 Å². The maximum atomic E-state index is 10.3. The molecule has 0 unspecified atom stereocenters.